The Morgan fingerprint density at radius 1 is 1.38 bits per heavy atom. The number of aliphatic hydroxyl groups excluding tert-OH is 2. The van der Waals surface area contributed by atoms with Crippen molar-refractivity contribution in [1.29, 1.82) is 0 Å². The molecule has 37 heavy (non-hydrogen) atoms. The number of aliphatic imine (C=N–C) groups is 1. The lowest BCUT2D eigenvalue weighted by Gasteiger charge is -2.28. The number of amidine groups is 1. The van der Waals surface area contributed by atoms with Gasteiger partial charge in [-0.1, -0.05) is 48.7 Å². The molecule has 11 nitrogen and oxygen atoms in total. The first kappa shape index (κ1) is 29.5. The second kappa shape index (κ2) is 13.2. The van der Waals surface area contributed by atoms with Gasteiger partial charge >= 0.3 is 7.75 Å². The molecule has 5 N–H and O–H groups in total. The second-order valence-electron chi connectivity index (χ2n) is 9.23. The van der Waals surface area contributed by atoms with E-state index in [1.165, 1.54) is 0 Å². The summed E-state index contributed by atoms with van der Waals surface area (Å²) in [5.41, 5.74) is 5.68. The van der Waals surface area contributed by atoms with Crippen LogP contribution in [0.15, 0.2) is 60.0 Å². The first-order valence-corrected chi connectivity index (χ1v) is 14.4. The third kappa shape index (κ3) is 8.49. The van der Waals surface area contributed by atoms with Crippen LogP contribution in [0.5, 0.6) is 0 Å². The number of carbonyl (C=O) groups excluding carboxylic acids is 1. The highest BCUT2D eigenvalue weighted by Gasteiger charge is 2.39. The standard InChI is InChI=1S/C24H35N4O7PS/c1-17-27-21(25)9-10-28(17)22-13-19(30)20(35-22)15-34-36(32,26-14-18-7-5-4-6-8-18)33-11-12-37-23(31)24(2,3)16-29/h4-10,19-20,22,29-30H,1,11-16H2,2-3H3,(H2,25,27)(H,26,32)/t19?,20-,22-,36?/m1/s1. The van der Waals surface area contributed by atoms with Crippen LogP contribution in [-0.2, 0) is 29.7 Å². The molecule has 1 saturated heterocycles. The Labute approximate surface area is 221 Å². The minimum atomic E-state index is -3.84. The van der Waals surface area contributed by atoms with Crippen LogP contribution >= 0.6 is 19.5 Å². The molecule has 2 unspecified atom stereocenters. The number of rotatable bonds is 13. The van der Waals surface area contributed by atoms with Crippen molar-refractivity contribution in [3.8, 4) is 0 Å². The summed E-state index contributed by atoms with van der Waals surface area (Å²) in [4.78, 5) is 18.0. The van der Waals surface area contributed by atoms with Crippen molar-refractivity contribution in [2.24, 2.45) is 16.1 Å². The topological polar surface area (TPSA) is 156 Å². The molecule has 2 heterocycles. The Balaban J connectivity index is 1.58. The highest BCUT2D eigenvalue weighted by atomic mass is 32.2. The second-order valence-corrected chi connectivity index (χ2v) is 12.1. The van der Waals surface area contributed by atoms with E-state index in [9.17, 15) is 19.6 Å². The SMILES string of the molecule is C=C1N=C(N)C=CN1[C@H]1CC(O)[C@@H](COP(=O)(NCc2ccccc2)OCCSC(=O)C(C)(C)CO)O1. The van der Waals surface area contributed by atoms with E-state index in [1.54, 1.807) is 31.0 Å². The van der Waals surface area contributed by atoms with Crippen LogP contribution in [-0.4, -0.2) is 70.1 Å². The Morgan fingerprint density at radius 3 is 2.78 bits per heavy atom. The van der Waals surface area contributed by atoms with E-state index in [0.29, 0.717) is 11.7 Å². The summed E-state index contributed by atoms with van der Waals surface area (Å²) in [6.45, 7) is 6.86. The number of hydrogen-bond donors (Lipinski definition) is 4. The normalized spacial score (nSPS) is 23.7. The van der Waals surface area contributed by atoms with Crippen molar-refractivity contribution < 1.29 is 33.4 Å². The van der Waals surface area contributed by atoms with Gasteiger partial charge in [-0.25, -0.2) is 14.6 Å². The van der Waals surface area contributed by atoms with Gasteiger partial charge in [0.05, 0.1) is 31.3 Å². The number of hydrogen-bond acceptors (Lipinski definition) is 11. The number of benzene rings is 1. The van der Waals surface area contributed by atoms with Crippen molar-refractivity contribution >= 4 is 30.5 Å². The van der Waals surface area contributed by atoms with Gasteiger partial charge in [-0.05, 0) is 25.5 Å². The zero-order valence-electron chi connectivity index (χ0n) is 21.0. The maximum absolute atomic E-state index is 13.5. The van der Waals surface area contributed by atoms with Gasteiger partial charge in [0.2, 0.25) is 0 Å². The van der Waals surface area contributed by atoms with Gasteiger partial charge in [-0.15, -0.1) is 0 Å². The van der Waals surface area contributed by atoms with Gasteiger partial charge in [0.25, 0.3) is 0 Å². The number of ether oxygens (including phenoxy) is 1. The van der Waals surface area contributed by atoms with E-state index < -0.39 is 31.6 Å². The fourth-order valence-electron chi connectivity index (χ4n) is 3.42. The lowest BCUT2D eigenvalue weighted by atomic mass is 9.97. The molecule has 0 amide bonds. The number of nitrogens with zero attached hydrogens (tertiary/aromatic N) is 2. The average molecular weight is 555 g/mol. The van der Waals surface area contributed by atoms with Crippen LogP contribution in [0.1, 0.15) is 25.8 Å². The molecule has 1 fully saturated rings. The Kier molecular flexibility index (Phi) is 10.5. The summed E-state index contributed by atoms with van der Waals surface area (Å²) in [6.07, 6.45) is 1.34. The van der Waals surface area contributed by atoms with E-state index >= 15 is 0 Å². The first-order chi connectivity index (χ1) is 17.5. The van der Waals surface area contributed by atoms with E-state index in [0.717, 1.165) is 17.3 Å². The molecule has 0 bridgehead atoms. The Morgan fingerprint density at radius 2 is 2.11 bits per heavy atom. The van der Waals surface area contributed by atoms with Crippen molar-refractivity contribution in [1.82, 2.24) is 9.99 Å². The molecule has 13 heteroatoms. The number of nitrogens with two attached hydrogens (primary N) is 1. The van der Waals surface area contributed by atoms with E-state index in [2.05, 4.69) is 16.7 Å². The van der Waals surface area contributed by atoms with Crippen molar-refractivity contribution in [2.45, 2.75) is 45.2 Å². The minimum absolute atomic E-state index is 0.0362. The Bertz CT molecular complexity index is 1050. The molecular weight excluding hydrogens is 519 g/mol. The fourth-order valence-corrected chi connectivity index (χ4v) is 5.66. The van der Waals surface area contributed by atoms with Crippen LogP contribution in [0.2, 0.25) is 0 Å². The minimum Gasteiger partial charge on any atom is -0.395 e. The van der Waals surface area contributed by atoms with Crippen LogP contribution in [0.4, 0.5) is 0 Å². The molecule has 0 saturated carbocycles. The van der Waals surface area contributed by atoms with Crippen molar-refractivity contribution in [3.63, 3.8) is 0 Å². The molecular formula is C24H35N4O7PS. The van der Waals surface area contributed by atoms with Gasteiger partial charge in [0, 0.05) is 24.9 Å². The third-order valence-corrected chi connectivity index (χ3v) is 8.47. The van der Waals surface area contributed by atoms with Gasteiger partial charge in [-0.3, -0.25) is 13.8 Å². The summed E-state index contributed by atoms with van der Waals surface area (Å²) in [5.74, 6) is 0.927. The molecule has 4 atom stereocenters. The highest BCUT2D eigenvalue weighted by Crippen LogP contribution is 2.45. The van der Waals surface area contributed by atoms with Gasteiger partial charge in [0.1, 0.15) is 24.0 Å². The van der Waals surface area contributed by atoms with E-state index in [-0.39, 0.29) is 43.7 Å². The molecule has 2 aliphatic rings. The number of carbonyl (C=O) groups is 1. The summed E-state index contributed by atoms with van der Waals surface area (Å²) >= 11 is 0.991. The number of thioether (sulfide) groups is 1. The maximum atomic E-state index is 13.5. The summed E-state index contributed by atoms with van der Waals surface area (Å²) in [6, 6.07) is 9.33. The van der Waals surface area contributed by atoms with Crippen LogP contribution in [0.3, 0.4) is 0 Å². The lowest BCUT2D eigenvalue weighted by molar-refractivity contribution is -0.119. The average Bonchev–Trinajstić information content (AvgIpc) is 3.24. The summed E-state index contributed by atoms with van der Waals surface area (Å²) < 4.78 is 30.7. The predicted octanol–water partition coefficient (Wildman–Crippen LogP) is 2.33. The van der Waals surface area contributed by atoms with Crippen molar-refractivity contribution in [3.05, 3.63) is 60.6 Å². The molecule has 0 radical (unpaired) electrons. The number of nitrogens with one attached hydrogen (secondary N) is 1. The molecule has 0 spiro atoms. The maximum Gasteiger partial charge on any atom is 0.405 e. The third-order valence-electron chi connectivity index (χ3n) is 5.73. The fraction of sp³-hybridized carbons (Fsp3) is 0.500. The predicted molar refractivity (Wildman–Crippen MR) is 142 cm³/mol. The Hall–Kier alpha value is -2.02. The largest absolute Gasteiger partial charge is 0.405 e. The highest BCUT2D eigenvalue weighted by molar-refractivity contribution is 8.13. The van der Waals surface area contributed by atoms with Crippen LogP contribution in [0, 0.1) is 5.41 Å². The molecule has 2 aliphatic heterocycles. The van der Waals surface area contributed by atoms with Crippen LogP contribution < -0.4 is 10.8 Å². The molecule has 1 aromatic carbocycles. The zero-order chi connectivity index (χ0) is 27.1. The van der Waals surface area contributed by atoms with Crippen molar-refractivity contribution in [2.75, 3.05) is 25.6 Å². The van der Waals surface area contributed by atoms with Gasteiger partial charge in [-0.2, -0.15) is 0 Å². The molecule has 1 aromatic rings. The monoisotopic (exact) mass is 554 g/mol. The lowest BCUT2D eigenvalue weighted by Crippen LogP contribution is -2.33. The first-order valence-electron chi connectivity index (χ1n) is 11.8. The van der Waals surface area contributed by atoms with Gasteiger partial charge in [0.15, 0.2) is 5.12 Å². The zero-order valence-corrected chi connectivity index (χ0v) is 22.7. The quantitative estimate of drug-likeness (QED) is 0.210. The van der Waals surface area contributed by atoms with Gasteiger partial charge < -0.3 is 25.6 Å². The molecule has 0 aromatic heterocycles. The van der Waals surface area contributed by atoms with E-state index in [1.807, 2.05) is 30.3 Å². The summed E-state index contributed by atoms with van der Waals surface area (Å²) in [5, 5.41) is 22.6. The molecule has 3 rings (SSSR count). The van der Waals surface area contributed by atoms with E-state index in [4.69, 9.17) is 19.5 Å². The number of aliphatic hydroxyl groups is 2. The summed E-state index contributed by atoms with van der Waals surface area (Å²) in [7, 11) is -3.84. The van der Waals surface area contributed by atoms with Crippen LogP contribution in [0.25, 0.3) is 0 Å². The smallest absolute Gasteiger partial charge is 0.395 e. The molecule has 0 aliphatic carbocycles. The molecule has 204 valence electrons.